The number of piperidine rings is 1. The zero-order valence-corrected chi connectivity index (χ0v) is 20.4. The van der Waals surface area contributed by atoms with Gasteiger partial charge in [-0.15, -0.1) is 0 Å². The van der Waals surface area contributed by atoms with E-state index in [-0.39, 0.29) is 36.7 Å². The van der Waals surface area contributed by atoms with Crippen LogP contribution in [0.3, 0.4) is 0 Å². The molecule has 2 aliphatic rings. The molecule has 178 valence electrons. The van der Waals surface area contributed by atoms with Crippen LogP contribution in [0.25, 0.3) is 0 Å². The first-order valence-electron chi connectivity index (χ1n) is 11.1. The van der Waals surface area contributed by atoms with Gasteiger partial charge in [0, 0.05) is 32.2 Å². The van der Waals surface area contributed by atoms with E-state index in [1.807, 2.05) is 31.7 Å². The summed E-state index contributed by atoms with van der Waals surface area (Å²) in [5.74, 6) is -0.150. The molecule has 1 aromatic carbocycles. The van der Waals surface area contributed by atoms with E-state index >= 15 is 0 Å². The number of nitrogens with zero attached hydrogens (tertiary/aromatic N) is 2. The van der Waals surface area contributed by atoms with E-state index in [0.29, 0.717) is 55.5 Å². The summed E-state index contributed by atoms with van der Waals surface area (Å²) in [6.07, 6.45) is 0.886. The number of halogens is 2. The third-order valence-electron chi connectivity index (χ3n) is 5.83. The summed E-state index contributed by atoms with van der Waals surface area (Å²) in [6.45, 7) is 7.30. The van der Waals surface area contributed by atoms with Crippen molar-refractivity contribution >= 4 is 35.2 Å². The quantitative estimate of drug-likeness (QED) is 0.686. The zero-order chi connectivity index (χ0) is 23.5. The van der Waals surface area contributed by atoms with Crippen molar-refractivity contribution in [2.75, 3.05) is 32.8 Å². The van der Waals surface area contributed by atoms with E-state index in [4.69, 9.17) is 32.7 Å². The summed E-state index contributed by atoms with van der Waals surface area (Å²) < 4.78 is 11.4. The van der Waals surface area contributed by atoms with Gasteiger partial charge in [-0.2, -0.15) is 0 Å². The monoisotopic (exact) mass is 486 g/mol. The van der Waals surface area contributed by atoms with Crippen LogP contribution in [0.5, 0.6) is 0 Å². The fraction of sp³-hybridized carbons (Fsp3) is 0.652. The van der Waals surface area contributed by atoms with Crippen LogP contribution < -0.4 is 0 Å². The van der Waals surface area contributed by atoms with Gasteiger partial charge in [0.05, 0.1) is 28.8 Å². The molecule has 2 saturated heterocycles. The molecular weight excluding hydrogens is 455 g/mol. The van der Waals surface area contributed by atoms with Gasteiger partial charge in [-0.05, 0) is 57.7 Å². The van der Waals surface area contributed by atoms with Crippen molar-refractivity contribution in [1.82, 2.24) is 9.80 Å². The number of hydrogen-bond donors (Lipinski definition) is 1. The number of likely N-dealkylation sites (tertiary alicyclic amines) is 1. The number of benzene rings is 1. The van der Waals surface area contributed by atoms with E-state index in [2.05, 4.69) is 0 Å². The van der Waals surface area contributed by atoms with Crippen LogP contribution in [-0.4, -0.2) is 71.5 Å². The normalized spacial score (nSPS) is 22.7. The smallest absolute Gasteiger partial charge is 0.410 e. The Balaban J connectivity index is 1.73. The highest BCUT2D eigenvalue weighted by atomic mass is 35.5. The third-order valence-corrected chi connectivity index (χ3v) is 6.57. The number of rotatable bonds is 4. The van der Waals surface area contributed by atoms with Crippen molar-refractivity contribution in [1.29, 1.82) is 0 Å². The molecule has 0 saturated carbocycles. The number of amides is 2. The number of hydrogen-bond acceptors (Lipinski definition) is 5. The highest BCUT2D eigenvalue weighted by Gasteiger charge is 2.40. The van der Waals surface area contributed by atoms with Gasteiger partial charge in [-0.1, -0.05) is 29.3 Å². The lowest BCUT2D eigenvalue weighted by molar-refractivity contribution is -0.153. The second kappa shape index (κ2) is 10.6. The first kappa shape index (κ1) is 25.1. The molecule has 0 aromatic heterocycles. The maximum atomic E-state index is 13.6. The highest BCUT2D eigenvalue weighted by Crippen LogP contribution is 2.36. The summed E-state index contributed by atoms with van der Waals surface area (Å²) in [5, 5.41) is 10.4. The lowest BCUT2D eigenvalue weighted by atomic mass is 9.91. The molecule has 1 unspecified atom stereocenters. The van der Waals surface area contributed by atoms with Crippen LogP contribution >= 0.6 is 23.2 Å². The summed E-state index contributed by atoms with van der Waals surface area (Å²) in [5.41, 5.74) is 0.281. The molecule has 0 spiro atoms. The molecule has 1 N–H and O–H groups in total. The maximum absolute atomic E-state index is 13.6. The van der Waals surface area contributed by atoms with Crippen LogP contribution in [0.1, 0.15) is 51.6 Å². The molecule has 1 aromatic rings. The van der Waals surface area contributed by atoms with E-state index in [1.165, 1.54) is 0 Å². The van der Waals surface area contributed by atoms with Crippen LogP contribution in [0.4, 0.5) is 4.79 Å². The Morgan fingerprint density at radius 3 is 2.44 bits per heavy atom. The first-order chi connectivity index (χ1) is 15.1. The van der Waals surface area contributed by atoms with Crippen molar-refractivity contribution < 1.29 is 24.2 Å². The molecule has 3 rings (SSSR count). The summed E-state index contributed by atoms with van der Waals surface area (Å²) in [6, 6.07) is 4.97. The fourth-order valence-electron chi connectivity index (χ4n) is 4.31. The van der Waals surface area contributed by atoms with Crippen LogP contribution in [-0.2, 0) is 14.3 Å². The lowest BCUT2D eigenvalue weighted by Gasteiger charge is -2.44. The number of carbonyl (C=O) groups is 2. The van der Waals surface area contributed by atoms with Gasteiger partial charge in [0.2, 0.25) is 5.91 Å². The predicted molar refractivity (Wildman–Crippen MR) is 123 cm³/mol. The average molecular weight is 487 g/mol. The Labute approximate surface area is 199 Å². The molecule has 2 fully saturated rings. The number of ether oxygens (including phenoxy) is 2. The predicted octanol–water partition coefficient (Wildman–Crippen LogP) is 4.29. The Morgan fingerprint density at radius 2 is 1.84 bits per heavy atom. The van der Waals surface area contributed by atoms with Crippen molar-refractivity contribution in [3.05, 3.63) is 33.8 Å². The van der Waals surface area contributed by atoms with Gasteiger partial charge in [0.25, 0.3) is 0 Å². The minimum atomic E-state index is -0.549. The Kier molecular flexibility index (Phi) is 8.31. The SMILES string of the molecule is CC(C)(C)OC(=O)N1CCC(C(=O)N2CCO[C@H](CCO)C2c2ccc(Cl)c(Cl)c2)CC1. The summed E-state index contributed by atoms with van der Waals surface area (Å²) in [7, 11) is 0. The number of aliphatic hydroxyl groups excluding tert-OH is 1. The van der Waals surface area contributed by atoms with Crippen LogP contribution in [0.2, 0.25) is 10.0 Å². The minimum Gasteiger partial charge on any atom is -0.444 e. The van der Waals surface area contributed by atoms with Crippen LogP contribution in [0.15, 0.2) is 18.2 Å². The summed E-state index contributed by atoms with van der Waals surface area (Å²) >= 11 is 12.3. The zero-order valence-electron chi connectivity index (χ0n) is 18.9. The number of carbonyl (C=O) groups excluding carboxylic acids is 2. The van der Waals surface area contributed by atoms with Gasteiger partial charge in [-0.25, -0.2) is 4.79 Å². The largest absolute Gasteiger partial charge is 0.444 e. The Bertz CT molecular complexity index is 819. The Hall–Kier alpha value is -1.54. The molecule has 0 bridgehead atoms. The molecule has 2 aliphatic heterocycles. The van der Waals surface area contributed by atoms with Crippen molar-refractivity contribution in [2.45, 2.75) is 57.8 Å². The van der Waals surface area contributed by atoms with Crippen molar-refractivity contribution in [2.24, 2.45) is 5.92 Å². The van der Waals surface area contributed by atoms with Crippen molar-refractivity contribution in [3.63, 3.8) is 0 Å². The van der Waals surface area contributed by atoms with Gasteiger partial charge in [-0.3, -0.25) is 4.79 Å². The molecule has 2 atom stereocenters. The van der Waals surface area contributed by atoms with Gasteiger partial charge in [0.15, 0.2) is 0 Å². The molecule has 32 heavy (non-hydrogen) atoms. The summed E-state index contributed by atoms with van der Waals surface area (Å²) in [4.78, 5) is 29.4. The number of morpholine rings is 1. The first-order valence-corrected chi connectivity index (χ1v) is 11.8. The lowest BCUT2D eigenvalue weighted by Crippen LogP contribution is -2.52. The minimum absolute atomic E-state index is 0.0381. The standard InChI is InChI=1S/C23H32Cl2N2O5/c1-23(2,3)32-22(30)26-9-6-15(7-10-26)21(29)27-11-13-31-19(8-12-28)20(27)16-4-5-17(24)18(25)14-16/h4-5,14-15,19-20,28H,6-13H2,1-3H3/t19-,20?/m1/s1. The van der Waals surface area contributed by atoms with Gasteiger partial charge >= 0.3 is 6.09 Å². The average Bonchev–Trinajstić information content (AvgIpc) is 2.74. The highest BCUT2D eigenvalue weighted by molar-refractivity contribution is 6.42. The van der Waals surface area contributed by atoms with E-state index in [0.717, 1.165) is 5.56 Å². The molecule has 7 nitrogen and oxygen atoms in total. The molecule has 2 heterocycles. The molecule has 0 radical (unpaired) electrons. The van der Waals surface area contributed by atoms with E-state index < -0.39 is 5.60 Å². The molecule has 0 aliphatic carbocycles. The third kappa shape index (κ3) is 6.07. The second-order valence-corrected chi connectivity index (χ2v) is 10.1. The van der Waals surface area contributed by atoms with Gasteiger partial charge in [0.1, 0.15) is 5.60 Å². The van der Waals surface area contributed by atoms with Gasteiger partial charge < -0.3 is 24.4 Å². The number of aliphatic hydroxyl groups is 1. The van der Waals surface area contributed by atoms with E-state index in [9.17, 15) is 14.7 Å². The molecular formula is C23H32Cl2N2O5. The fourth-order valence-corrected chi connectivity index (χ4v) is 4.62. The molecule has 2 amide bonds. The van der Waals surface area contributed by atoms with Crippen LogP contribution in [0, 0.1) is 5.92 Å². The molecule has 9 heteroatoms. The maximum Gasteiger partial charge on any atom is 0.410 e. The van der Waals surface area contributed by atoms with Crippen molar-refractivity contribution in [3.8, 4) is 0 Å². The second-order valence-electron chi connectivity index (χ2n) is 9.31. The topological polar surface area (TPSA) is 79.3 Å². The Morgan fingerprint density at radius 1 is 1.16 bits per heavy atom. The van der Waals surface area contributed by atoms with E-state index in [1.54, 1.807) is 17.0 Å².